The highest BCUT2D eigenvalue weighted by molar-refractivity contribution is 6.20. The Morgan fingerprint density at radius 2 is 1.00 bits per heavy atom. The Morgan fingerprint density at radius 3 is 1.82 bits per heavy atom. The van der Waals surface area contributed by atoms with Crippen molar-refractivity contribution in [3.05, 3.63) is 191 Å². The molecule has 0 saturated carbocycles. The Kier molecular flexibility index (Phi) is 5.79. The summed E-state index contributed by atoms with van der Waals surface area (Å²) in [5.41, 5.74) is 18.7. The van der Waals surface area contributed by atoms with E-state index in [9.17, 15) is 0 Å². The molecule has 57 heavy (non-hydrogen) atoms. The van der Waals surface area contributed by atoms with E-state index in [0.717, 1.165) is 83.1 Å². The first kappa shape index (κ1) is 30.9. The third-order valence-electron chi connectivity index (χ3n) is 12.9. The summed E-state index contributed by atoms with van der Waals surface area (Å²) >= 11 is 0. The van der Waals surface area contributed by atoms with Gasteiger partial charge in [-0.05, 0) is 82.2 Å². The van der Waals surface area contributed by atoms with Crippen LogP contribution in [-0.2, 0) is 5.41 Å². The maximum Gasteiger partial charge on any atom is 0.263 e. The molecule has 4 heterocycles. The number of hydrogen-bond donors (Lipinski definition) is 0. The average molecular weight is 731 g/mol. The van der Waals surface area contributed by atoms with E-state index >= 15 is 4.79 Å². The third-order valence-corrected chi connectivity index (χ3v) is 12.9. The highest BCUT2D eigenvalue weighted by Crippen LogP contribution is 2.52. The smallest absolute Gasteiger partial charge is 0.263 e. The summed E-state index contributed by atoms with van der Waals surface area (Å²) in [7, 11) is 0. The van der Waals surface area contributed by atoms with E-state index in [1.54, 1.807) is 0 Å². The second kappa shape index (κ2) is 10.7. The predicted octanol–water partition coefficient (Wildman–Crippen LogP) is 12.3. The Morgan fingerprint density at radius 1 is 0.404 bits per heavy atom. The van der Waals surface area contributed by atoms with Gasteiger partial charge in [0.25, 0.3) is 5.56 Å². The summed E-state index contributed by atoms with van der Waals surface area (Å²) in [4.78, 5) is 15.0. The fraction of sp³-hybridized carbons (Fsp3) is 0.0577. The first-order valence-electron chi connectivity index (χ1n) is 19.7. The average Bonchev–Trinajstić information content (AvgIpc) is 3.50. The molecule has 0 spiro atoms. The van der Waals surface area contributed by atoms with E-state index in [4.69, 9.17) is 0 Å². The zero-order chi connectivity index (χ0) is 37.7. The molecule has 2 aliphatic heterocycles. The lowest BCUT2D eigenvalue weighted by Crippen LogP contribution is -2.23. The maximum atomic E-state index is 15.0. The van der Waals surface area contributed by atoms with Gasteiger partial charge in [-0.15, -0.1) is 0 Å². The highest BCUT2D eigenvalue weighted by Gasteiger charge is 2.38. The van der Waals surface area contributed by atoms with Crippen LogP contribution < -0.4 is 5.56 Å². The van der Waals surface area contributed by atoms with E-state index in [2.05, 4.69) is 179 Å². The molecule has 268 valence electrons. The molecule has 3 aliphatic rings. The quantitative estimate of drug-likeness (QED) is 0.132. The Balaban J connectivity index is 1.32. The van der Waals surface area contributed by atoms with E-state index in [1.807, 2.05) is 22.6 Å². The molecule has 10 aromatic rings. The van der Waals surface area contributed by atoms with Crippen LogP contribution in [0.1, 0.15) is 25.0 Å². The minimum Gasteiger partial charge on any atom is -0.305 e. The lowest BCUT2D eigenvalue weighted by Gasteiger charge is -2.32. The molecule has 0 unspecified atom stereocenters. The van der Waals surface area contributed by atoms with Crippen molar-refractivity contribution in [1.29, 1.82) is 0 Å². The molecule has 8 aromatic carbocycles. The van der Waals surface area contributed by atoms with Crippen molar-refractivity contribution in [3.63, 3.8) is 0 Å². The summed E-state index contributed by atoms with van der Waals surface area (Å²) in [5, 5.41) is 2.74. The molecule has 0 amide bonds. The molecule has 0 bridgehead atoms. The lowest BCUT2D eigenvalue weighted by molar-refractivity contribution is 0.660. The fourth-order valence-corrected chi connectivity index (χ4v) is 10.6. The fourth-order valence-electron chi connectivity index (χ4n) is 10.6. The zero-order valence-electron chi connectivity index (χ0n) is 31.4. The largest absolute Gasteiger partial charge is 0.305 e. The van der Waals surface area contributed by atoms with Gasteiger partial charge in [-0.3, -0.25) is 13.8 Å². The lowest BCUT2D eigenvalue weighted by atomic mass is 9.82. The maximum absolute atomic E-state index is 15.0. The van der Waals surface area contributed by atoms with Crippen LogP contribution >= 0.6 is 0 Å². The third kappa shape index (κ3) is 3.72. The van der Waals surface area contributed by atoms with Gasteiger partial charge in [0.1, 0.15) is 0 Å². The van der Waals surface area contributed by atoms with Crippen molar-refractivity contribution in [1.82, 2.24) is 18.1 Å². The number of nitrogens with zero attached hydrogens (tertiary/aromatic N) is 4. The Hall–Kier alpha value is -7.37. The molecule has 5 heteroatoms. The van der Waals surface area contributed by atoms with E-state index in [-0.39, 0.29) is 11.0 Å². The molecular weight excluding hydrogens is 697 g/mol. The van der Waals surface area contributed by atoms with E-state index in [0.29, 0.717) is 5.39 Å². The van der Waals surface area contributed by atoms with Gasteiger partial charge in [-0.2, -0.15) is 0 Å². The van der Waals surface area contributed by atoms with Gasteiger partial charge < -0.3 is 9.13 Å². The van der Waals surface area contributed by atoms with Gasteiger partial charge >= 0.3 is 0 Å². The molecule has 13 rings (SSSR count). The van der Waals surface area contributed by atoms with Gasteiger partial charge in [-0.25, -0.2) is 0 Å². The molecule has 0 atom stereocenters. The molecule has 1 aliphatic carbocycles. The molecule has 0 fully saturated rings. The number of fused-ring (bicyclic) bond motifs is 6. The second-order valence-corrected chi connectivity index (χ2v) is 16.1. The van der Waals surface area contributed by atoms with Crippen LogP contribution in [0, 0.1) is 0 Å². The Labute approximate surface area is 327 Å². The van der Waals surface area contributed by atoms with Crippen molar-refractivity contribution in [2.75, 3.05) is 0 Å². The topological polar surface area (TPSA) is 36.3 Å². The number of pyridine rings is 1. The molecular formula is C52H34N4O. The number of para-hydroxylation sites is 3. The Bertz CT molecular complexity index is 3690. The van der Waals surface area contributed by atoms with Gasteiger partial charge in [0.05, 0.1) is 61.2 Å². The zero-order valence-corrected chi connectivity index (χ0v) is 31.4. The molecule has 5 nitrogen and oxygen atoms in total. The van der Waals surface area contributed by atoms with Crippen LogP contribution in [-0.4, -0.2) is 18.1 Å². The number of hydrogen-bond acceptors (Lipinski definition) is 1. The summed E-state index contributed by atoms with van der Waals surface area (Å²) < 4.78 is 9.37. The first-order chi connectivity index (χ1) is 28.0. The monoisotopic (exact) mass is 730 g/mol. The van der Waals surface area contributed by atoms with Crippen molar-refractivity contribution in [2.45, 2.75) is 19.3 Å². The van der Waals surface area contributed by atoms with Gasteiger partial charge in [0.2, 0.25) is 0 Å². The predicted molar refractivity (Wildman–Crippen MR) is 235 cm³/mol. The van der Waals surface area contributed by atoms with Crippen LogP contribution in [0.25, 0.3) is 99.6 Å². The molecule has 2 aromatic heterocycles. The number of aromatic nitrogens is 4. The summed E-state index contributed by atoms with van der Waals surface area (Å²) in [6.07, 6.45) is 0. The highest BCUT2D eigenvalue weighted by atomic mass is 16.1. The van der Waals surface area contributed by atoms with Gasteiger partial charge in [0, 0.05) is 27.3 Å². The molecule has 0 saturated heterocycles. The molecule has 0 N–H and O–H groups in total. The van der Waals surface area contributed by atoms with Gasteiger partial charge in [-0.1, -0.05) is 129 Å². The second-order valence-electron chi connectivity index (χ2n) is 16.1. The van der Waals surface area contributed by atoms with Gasteiger partial charge in [0.15, 0.2) is 0 Å². The normalized spacial score (nSPS) is 13.6. The van der Waals surface area contributed by atoms with Crippen LogP contribution in [0.3, 0.4) is 0 Å². The van der Waals surface area contributed by atoms with Crippen molar-refractivity contribution in [3.8, 4) is 39.3 Å². The van der Waals surface area contributed by atoms with E-state index < -0.39 is 0 Å². The van der Waals surface area contributed by atoms with Crippen molar-refractivity contribution < 1.29 is 0 Å². The minimum atomic E-state index is -0.164. The first-order valence-corrected chi connectivity index (χ1v) is 19.7. The van der Waals surface area contributed by atoms with Crippen molar-refractivity contribution >= 4 is 60.3 Å². The van der Waals surface area contributed by atoms with Crippen LogP contribution in [0.15, 0.2) is 175 Å². The van der Waals surface area contributed by atoms with Crippen LogP contribution in [0.4, 0.5) is 0 Å². The van der Waals surface area contributed by atoms with E-state index in [1.165, 1.54) is 22.3 Å². The number of rotatable bonds is 3. The molecule has 0 radical (unpaired) electrons. The standard InChI is InChI=1S/C52H34N4O/c1-52(2)37-21-10-8-20-36(37)46-38(52)22-12-24-40(46)54-43-27-13-25-41-48(43)56-49-42(53(41)39-23-11-9-17-32(39)31-15-4-3-5-16-31)26-14-28-44(49)55-47-34(29-30-45(54)50(47)56)33-18-6-7-19-35(33)51(55)57/h3-30H,1-2H3. The summed E-state index contributed by atoms with van der Waals surface area (Å²) in [6, 6.07) is 60.8. The summed E-state index contributed by atoms with van der Waals surface area (Å²) in [6.45, 7) is 4.68. The van der Waals surface area contributed by atoms with Crippen LogP contribution in [0.5, 0.6) is 0 Å². The number of benzene rings is 8. The van der Waals surface area contributed by atoms with Crippen molar-refractivity contribution in [2.24, 2.45) is 0 Å². The van der Waals surface area contributed by atoms with Crippen LogP contribution in [0.2, 0.25) is 0 Å². The summed E-state index contributed by atoms with van der Waals surface area (Å²) in [5.74, 6) is 0. The SMILES string of the molecule is CC1(C)c2ccccc2-c2c(-n3c4cccc5c4n4c6c3ccc3c7ccccc7c(=O)n(c7cccc(c7-4)n5-c4ccccc4-c4ccccc4)c36)cccc21. The minimum absolute atomic E-state index is 0.0109.